The lowest BCUT2D eigenvalue weighted by Crippen LogP contribution is -2.58. The van der Waals surface area contributed by atoms with Gasteiger partial charge in [0.2, 0.25) is 11.8 Å². The first-order chi connectivity index (χ1) is 11.2. The summed E-state index contributed by atoms with van der Waals surface area (Å²) in [4.78, 5) is 27.8. The Kier molecular flexibility index (Phi) is 4.66. The molecule has 1 unspecified atom stereocenters. The topological polar surface area (TPSA) is 71.1 Å². The molecule has 7 nitrogen and oxygen atoms in total. The van der Waals surface area contributed by atoms with Crippen molar-refractivity contribution in [2.24, 2.45) is 0 Å². The van der Waals surface area contributed by atoms with Gasteiger partial charge in [-0.2, -0.15) is 0 Å². The lowest BCUT2D eigenvalue weighted by molar-refractivity contribution is -0.144. The van der Waals surface area contributed by atoms with Gasteiger partial charge in [0.1, 0.15) is 18.4 Å². The molecule has 0 aromatic heterocycles. The third-order valence-corrected chi connectivity index (χ3v) is 4.18. The van der Waals surface area contributed by atoms with E-state index in [1.165, 1.54) is 0 Å². The molecule has 0 aliphatic carbocycles. The maximum atomic E-state index is 12.4. The van der Waals surface area contributed by atoms with Crippen LogP contribution in [-0.4, -0.2) is 69.3 Å². The average Bonchev–Trinajstić information content (AvgIpc) is 2.61. The van der Waals surface area contributed by atoms with E-state index in [2.05, 4.69) is 10.2 Å². The lowest BCUT2D eigenvalue weighted by Gasteiger charge is -2.38. The molecule has 23 heavy (non-hydrogen) atoms. The van der Waals surface area contributed by atoms with Gasteiger partial charge in [-0.25, -0.2) is 0 Å². The fourth-order valence-electron chi connectivity index (χ4n) is 2.88. The zero-order chi connectivity index (χ0) is 16.2. The van der Waals surface area contributed by atoms with Crippen LogP contribution in [0.1, 0.15) is 0 Å². The maximum Gasteiger partial charge on any atom is 0.247 e. The lowest BCUT2D eigenvalue weighted by atomic mass is 10.2. The summed E-state index contributed by atoms with van der Waals surface area (Å²) >= 11 is 0. The van der Waals surface area contributed by atoms with Crippen molar-refractivity contribution >= 4 is 17.5 Å². The highest BCUT2D eigenvalue weighted by Crippen LogP contribution is 2.20. The zero-order valence-corrected chi connectivity index (χ0v) is 13.2. The van der Waals surface area contributed by atoms with Crippen molar-refractivity contribution in [2.75, 3.05) is 51.4 Å². The van der Waals surface area contributed by atoms with E-state index < -0.39 is 6.04 Å². The van der Waals surface area contributed by atoms with Crippen LogP contribution in [0, 0.1) is 0 Å². The molecule has 2 saturated heterocycles. The molecule has 0 spiro atoms. The summed E-state index contributed by atoms with van der Waals surface area (Å²) in [6.07, 6.45) is 0. The number of anilines is 1. The van der Waals surface area contributed by atoms with Gasteiger partial charge >= 0.3 is 0 Å². The Morgan fingerprint density at radius 1 is 1.22 bits per heavy atom. The number of hydrogen-bond acceptors (Lipinski definition) is 5. The second kappa shape index (κ2) is 6.87. The number of piperazine rings is 1. The smallest absolute Gasteiger partial charge is 0.247 e. The highest BCUT2D eigenvalue weighted by atomic mass is 16.5. The van der Waals surface area contributed by atoms with Crippen LogP contribution in [0.4, 0.5) is 5.69 Å². The van der Waals surface area contributed by atoms with Crippen LogP contribution in [0.25, 0.3) is 0 Å². The van der Waals surface area contributed by atoms with Gasteiger partial charge in [0.05, 0.1) is 13.7 Å². The second-order valence-corrected chi connectivity index (χ2v) is 5.65. The number of methoxy groups -OCH3 is 1. The summed E-state index contributed by atoms with van der Waals surface area (Å²) in [5.74, 6) is 0.537. The fraction of sp³-hybridized carbons (Fsp3) is 0.500. The highest BCUT2D eigenvalue weighted by molar-refractivity contribution is 5.89. The zero-order valence-electron chi connectivity index (χ0n) is 13.2. The van der Waals surface area contributed by atoms with E-state index in [1.54, 1.807) is 12.0 Å². The Bertz CT molecular complexity index is 567. The number of hydrogen-bond donors (Lipinski definition) is 1. The molecule has 1 N–H and O–H groups in total. The number of rotatable bonds is 3. The van der Waals surface area contributed by atoms with Crippen molar-refractivity contribution in [1.82, 2.24) is 10.2 Å². The van der Waals surface area contributed by atoms with Gasteiger partial charge in [0, 0.05) is 31.9 Å². The van der Waals surface area contributed by atoms with Crippen LogP contribution < -0.4 is 15.0 Å². The molecule has 3 rings (SSSR count). The molecule has 1 aromatic rings. The molecule has 2 aliphatic heterocycles. The van der Waals surface area contributed by atoms with E-state index in [4.69, 9.17) is 9.47 Å². The molecule has 0 radical (unpaired) electrons. The second-order valence-electron chi connectivity index (χ2n) is 5.65. The molecule has 1 aromatic carbocycles. The normalized spacial score (nSPS) is 21.8. The van der Waals surface area contributed by atoms with Crippen molar-refractivity contribution < 1.29 is 19.1 Å². The Morgan fingerprint density at radius 3 is 2.52 bits per heavy atom. The van der Waals surface area contributed by atoms with Crippen molar-refractivity contribution in [1.29, 1.82) is 0 Å². The first kappa shape index (κ1) is 15.6. The van der Waals surface area contributed by atoms with Gasteiger partial charge in [0.15, 0.2) is 0 Å². The van der Waals surface area contributed by atoms with Gasteiger partial charge in [-0.15, -0.1) is 0 Å². The first-order valence-electron chi connectivity index (χ1n) is 7.72. The number of ether oxygens (including phenoxy) is 2. The maximum absolute atomic E-state index is 12.4. The monoisotopic (exact) mass is 319 g/mol. The summed E-state index contributed by atoms with van der Waals surface area (Å²) < 4.78 is 10.3. The standard InChI is InChI=1S/C16H21N3O4/c1-22-13-4-2-12(3-5-13)18-6-8-19(9-7-18)16(21)14-10-23-11-15(20)17-14/h2-5,14H,6-11H2,1H3,(H,17,20). The van der Waals surface area contributed by atoms with Crippen molar-refractivity contribution in [3.63, 3.8) is 0 Å². The Labute approximate surface area is 135 Å². The van der Waals surface area contributed by atoms with Gasteiger partial charge in [-0.1, -0.05) is 0 Å². The number of carbonyl (C=O) groups excluding carboxylic acids is 2. The minimum atomic E-state index is -0.552. The predicted octanol–water partition coefficient (Wildman–Crippen LogP) is -0.141. The number of morpholine rings is 1. The SMILES string of the molecule is COc1ccc(N2CCN(C(=O)C3COCC(=O)N3)CC2)cc1. The molecule has 1 atom stereocenters. The molecule has 124 valence electrons. The Balaban J connectivity index is 1.55. The van der Waals surface area contributed by atoms with Crippen LogP contribution >= 0.6 is 0 Å². The minimum Gasteiger partial charge on any atom is -0.497 e. The molecule has 7 heteroatoms. The quantitative estimate of drug-likeness (QED) is 0.840. The van der Waals surface area contributed by atoms with E-state index in [0.717, 1.165) is 24.5 Å². The molecule has 0 bridgehead atoms. The van der Waals surface area contributed by atoms with E-state index in [9.17, 15) is 9.59 Å². The van der Waals surface area contributed by atoms with Crippen molar-refractivity contribution in [3.05, 3.63) is 24.3 Å². The third kappa shape index (κ3) is 3.56. The largest absolute Gasteiger partial charge is 0.497 e. The number of benzene rings is 1. The Morgan fingerprint density at radius 2 is 1.91 bits per heavy atom. The number of nitrogens with one attached hydrogen (secondary N) is 1. The summed E-state index contributed by atoms with van der Waals surface area (Å²) in [5, 5.41) is 2.69. The number of nitrogens with zero attached hydrogens (tertiary/aromatic N) is 2. The predicted molar refractivity (Wildman–Crippen MR) is 84.5 cm³/mol. The summed E-state index contributed by atoms with van der Waals surface area (Å²) in [6.45, 7) is 3.09. The van der Waals surface area contributed by atoms with Crippen molar-refractivity contribution in [2.45, 2.75) is 6.04 Å². The van der Waals surface area contributed by atoms with Crippen LogP contribution in [0.3, 0.4) is 0 Å². The van der Waals surface area contributed by atoms with Gasteiger partial charge in [0.25, 0.3) is 0 Å². The molecular formula is C16H21N3O4. The molecule has 2 fully saturated rings. The summed E-state index contributed by atoms with van der Waals surface area (Å²) in [5.41, 5.74) is 1.12. The van der Waals surface area contributed by atoms with Crippen LogP contribution in [-0.2, 0) is 14.3 Å². The van der Waals surface area contributed by atoms with E-state index >= 15 is 0 Å². The fourth-order valence-corrected chi connectivity index (χ4v) is 2.88. The van der Waals surface area contributed by atoms with Crippen LogP contribution in [0.5, 0.6) is 5.75 Å². The van der Waals surface area contributed by atoms with Crippen molar-refractivity contribution in [3.8, 4) is 5.75 Å². The summed E-state index contributed by atoms with van der Waals surface area (Å²) in [6, 6.07) is 7.35. The van der Waals surface area contributed by atoms with Crippen LogP contribution in [0.15, 0.2) is 24.3 Å². The van der Waals surface area contributed by atoms with Gasteiger partial charge < -0.3 is 24.6 Å². The molecule has 0 saturated carbocycles. The molecule has 2 heterocycles. The summed E-state index contributed by atoms with van der Waals surface area (Å²) in [7, 11) is 1.65. The van der Waals surface area contributed by atoms with Crippen LogP contribution in [0.2, 0.25) is 0 Å². The van der Waals surface area contributed by atoms with E-state index in [-0.39, 0.29) is 25.0 Å². The molecule has 2 aliphatic rings. The highest BCUT2D eigenvalue weighted by Gasteiger charge is 2.31. The third-order valence-electron chi connectivity index (χ3n) is 4.18. The number of carbonyl (C=O) groups is 2. The van der Waals surface area contributed by atoms with Gasteiger partial charge in [-0.05, 0) is 24.3 Å². The molecular weight excluding hydrogens is 298 g/mol. The Hall–Kier alpha value is -2.28. The van der Waals surface area contributed by atoms with Gasteiger partial charge in [-0.3, -0.25) is 9.59 Å². The molecule has 2 amide bonds. The van der Waals surface area contributed by atoms with E-state index in [1.807, 2.05) is 24.3 Å². The van der Waals surface area contributed by atoms with E-state index in [0.29, 0.717) is 13.1 Å². The number of amides is 2. The first-order valence-corrected chi connectivity index (χ1v) is 7.72. The average molecular weight is 319 g/mol. The minimum absolute atomic E-state index is 0.0367.